The number of hydrogen-bond donors (Lipinski definition) is 0. The number of aromatic nitrogens is 1. The van der Waals surface area contributed by atoms with Gasteiger partial charge in [-0.05, 0) is 22.0 Å². The SMILES string of the molecule is COc1ccc(N(CCBr)CCBr)c(Br)n1. The van der Waals surface area contributed by atoms with Gasteiger partial charge < -0.3 is 9.64 Å². The Morgan fingerprint density at radius 2 is 1.88 bits per heavy atom. The molecule has 0 saturated heterocycles. The van der Waals surface area contributed by atoms with Crippen LogP contribution in [0.2, 0.25) is 0 Å². The van der Waals surface area contributed by atoms with Crippen LogP contribution in [0.25, 0.3) is 0 Å². The Hall–Kier alpha value is 0.190. The van der Waals surface area contributed by atoms with Crippen molar-refractivity contribution in [2.45, 2.75) is 0 Å². The molecule has 0 radical (unpaired) electrons. The van der Waals surface area contributed by atoms with Crippen molar-refractivity contribution in [1.29, 1.82) is 0 Å². The Morgan fingerprint density at radius 1 is 1.25 bits per heavy atom. The Bertz CT molecular complexity index is 330. The van der Waals surface area contributed by atoms with Gasteiger partial charge in [-0.2, -0.15) is 0 Å². The summed E-state index contributed by atoms with van der Waals surface area (Å²) in [6, 6.07) is 3.89. The summed E-state index contributed by atoms with van der Waals surface area (Å²) in [5, 5.41) is 1.86. The van der Waals surface area contributed by atoms with E-state index in [1.807, 2.05) is 12.1 Å². The van der Waals surface area contributed by atoms with Gasteiger partial charge in [0.15, 0.2) is 0 Å². The molecule has 0 unspecified atom stereocenters. The molecule has 0 amide bonds. The van der Waals surface area contributed by atoms with Crippen molar-refractivity contribution in [3.63, 3.8) is 0 Å². The zero-order valence-electron chi connectivity index (χ0n) is 8.92. The van der Waals surface area contributed by atoms with Crippen molar-refractivity contribution >= 4 is 53.5 Å². The molecule has 0 aliphatic rings. The Kier molecular flexibility index (Phi) is 6.68. The smallest absolute Gasteiger partial charge is 0.214 e. The van der Waals surface area contributed by atoms with Gasteiger partial charge in [0.05, 0.1) is 12.8 Å². The molecule has 0 aliphatic carbocycles. The van der Waals surface area contributed by atoms with Crippen LogP contribution in [0.3, 0.4) is 0 Å². The number of methoxy groups -OCH3 is 1. The third-order valence-electron chi connectivity index (χ3n) is 2.06. The molecule has 0 spiro atoms. The van der Waals surface area contributed by atoms with Gasteiger partial charge in [-0.25, -0.2) is 4.98 Å². The largest absolute Gasteiger partial charge is 0.481 e. The van der Waals surface area contributed by atoms with E-state index < -0.39 is 0 Å². The lowest BCUT2D eigenvalue weighted by Crippen LogP contribution is -2.27. The molecule has 0 bridgehead atoms. The fraction of sp³-hybridized carbons (Fsp3) is 0.500. The second-order valence-corrected chi connectivity index (χ2v) is 5.37. The molecule has 1 heterocycles. The summed E-state index contributed by atoms with van der Waals surface area (Å²) in [4.78, 5) is 6.55. The van der Waals surface area contributed by atoms with Gasteiger partial charge in [-0.3, -0.25) is 0 Å². The highest BCUT2D eigenvalue weighted by molar-refractivity contribution is 9.10. The molecule has 90 valence electrons. The van der Waals surface area contributed by atoms with Gasteiger partial charge in [-0.1, -0.05) is 31.9 Å². The first-order valence-electron chi connectivity index (χ1n) is 4.80. The number of alkyl halides is 2. The first-order chi connectivity index (χ1) is 7.72. The molecule has 0 aliphatic heterocycles. The number of rotatable bonds is 6. The summed E-state index contributed by atoms with van der Waals surface area (Å²) in [6.07, 6.45) is 0. The maximum Gasteiger partial charge on any atom is 0.214 e. The first-order valence-corrected chi connectivity index (χ1v) is 7.84. The molecule has 0 fully saturated rings. The van der Waals surface area contributed by atoms with Crippen LogP contribution in [0.5, 0.6) is 5.88 Å². The van der Waals surface area contributed by atoms with E-state index in [9.17, 15) is 0 Å². The number of halogens is 3. The van der Waals surface area contributed by atoms with Crippen LogP contribution in [0.1, 0.15) is 0 Å². The zero-order valence-corrected chi connectivity index (χ0v) is 13.7. The minimum atomic E-state index is 0.619. The predicted molar refractivity (Wildman–Crippen MR) is 78.3 cm³/mol. The summed E-state index contributed by atoms with van der Waals surface area (Å²) < 4.78 is 5.89. The molecule has 16 heavy (non-hydrogen) atoms. The number of pyridine rings is 1. The molecular formula is C10H13Br3N2O. The maximum absolute atomic E-state index is 5.07. The summed E-state index contributed by atoms with van der Waals surface area (Å²) in [7, 11) is 1.61. The monoisotopic (exact) mass is 414 g/mol. The number of hydrogen-bond acceptors (Lipinski definition) is 3. The van der Waals surface area contributed by atoms with Crippen LogP contribution < -0.4 is 9.64 Å². The summed E-state index contributed by atoms with van der Waals surface area (Å²) in [6.45, 7) is 1.89. The minimum absolute atomic E-state index is 0.619. The van der Waals surface area contributed by atoms with E-state index in [1.54, 1.807) is 7.11 Å². The lowest BCUT2D eigenvalue weighted by Gasteiger charge is -2.23. The molecule has 0 aromatic carbocycles. The number of nitrogens with zero attached hydrogens (tertiary/aromatic N) is 2. The zero-order chi connectivity index (χ0) is 12.0. The molecule has 1 aromatic rings. The topological polar surface area (TPSA) is 25.4 Å². The van der Waals surface area contributed by atoms with E-state index in [-0.39, 0.29) is 0 Å². The molecule has 1 rings (SSSR count). The number of anilines is 1. The van der Waals surface area contributed by atoms with Crippen molar-refractivity contribution < 1.29 is 4.74 Å². The highest BCUT2D eigenvalue weighted by Gasteiger charge is 2.10. The molecule has 1 aromatic heterocycles. The molecule has 6 heteroatoms. The van der Waals surface area contributed by atoms with Gasteiger partial charge in [0.2, 0.25) is 5.88 Å². The second-order valence-electron chi connectivity index (χ2n) is 3.03. The Balaban J connectivity index is 2.90. The predicted octanol–water partition coefficient (Wildman–Crippen LogP) is 3.45. The minimum Gasteiger partial charge on any atom is -0.481 e. The van der Waals surface area contributed by atoms with Gasteiger partial charge in [0.1, 0.15) is 4.60 Å². The van der Waals surface area contributed by atoms with E-state index in [2.05, 4.69) is 57.7 Å². The highest BCUT2D eigenvalue weighted by atomic mass is 79.9. The molecule has 0 atom stereocenters. The summed E-state index contributed by atoms with van der Waals surface area (Å²) in [5.74, 6) is 0.619. The van der Waals surface area contributed by atoms with Crippen molar-refractivity contribution in [2.24, 2.45) is 0 Å². The van der Waals surface area contributed by atoms with Crippen LogP contribution in [0.15, 0.2) is 16.7 Å². The first kappa shape index (κ1) is 14.3. The van der Waals surface area contributed by atoms with Gasteiger partial charge in [0, 0.05) is 29.8 Å². The highest BCUT2D eigenvalue weighted by Crippen LogP contribution is 2.26. The Morgan fingerprint density at radius 3 is 2.31 bits per heavy atom. The second kappa shape index (κ2) is 7.50. The van der Waals surface area contributed by atoms with Crippen LogP contribution in [-0.2, 0) is 0 Å². The van der Waals surface area contributed by atoms with Crippen LogP contribution in [0, 0.1) is 0 Å². The van der Waals surface area contributed by atoms with Gasteiger partial charge in [-0.15, -0.1) is 0 Å². The fourth-order valence-electron chi connectivity index (χ4n) is 1.32. The lowest BCUT2D eigenvalue weighted by atomic mass is 10.3. The van der Waals surface area contributed by atoms with Crippen molar-refractivity contribution in [2.75, 3.05) is 35.8 Å². The van der Waals surface area contributed by atoms with Crippen LogP contribution in [0.4, 0.5) is 5.69 Å². The normalized spacial score (nSPS) is 10.2. The van der Waals surface area contributed by atoms with Crippen molar-refractivity contribution in [3.05, 3.63) is 16.7 Å². The number of ether oxygens (including phenoxy) is 1. The van der Waals surface area contributed by atoms with E-state index >= 15 is 0 Å². The molecule has 3 nitrogen and oxygen atoms in total. The van der Waals surface area contributed by atoms with Crippen molar-refractivity contribution in [1.82, 2.24) is 4.98 Å². The lowest BCUT2D eigenvalue weighted by molar-refractivity contribution is 0.397. The van der Waals surface area contributed by atoms with Gasteiger partial charge in [0.25, 0.3) is 0 Å². The van der Waals surface area contributed by atoms with E-state index in [0.717, 1.165) is 34.0 Å². The summed E-state index contributed by atoms with van der Waals surface area (Å²) in [5.41, 5.74) is 1.08. The van der Waals surface area contributed by atoms with Crippen LogP contribution in [-0.4, -0.2) is 35.8 Å². The Labute approximate surface area is 121 Å². The molecule has 0 saturated carbocycles. The molecular weight excluding hydrogens is 404 g/mol. The average Bonchev–Trinajstić information content (AvgIpc) is 2.29. The summed E-state index contributed by atoms with van der Waals surface area (Å²) >= 11 is 10.4. The third kappa shape index (κ3) is 3.89. The van der Waals surface area contributed by atoms with E-state index in [0.29, 0.717) is 5.88 Å². The van der Waals surface area contributed by atoms with Gasteiger partial charge >= 0.3 is 0 Å². The fourth-order valence-corrected chi connectivity index (χ4v) is 2.73. The quantitative estimate of drug-likeness (QED) is 0.524. The van der Waals surface area contributed by atoms with E-state index in [1.165, 1.54) is 0 Å². The van der Waals surface area contributed by atoms with E-state index in [4.69, 9.17) is 4.74 Å². The standard InChI is InChI=1S/C10H13Br3N2O/c1-16-9-3-2-8(10(13)14-9)15(6-4-11)7-5-12/h2-3H,4-7H2,1H3. The maximum atomic E-state index is 5.07. The third-order valence-corrected chi connectivity index (χ3v) is 3.36. The average molecular weight is 417 g/mol. The van der Waals surface area contributed by atoms with Crippen molar-refractivity contribution in [3.8, 4) is 5.88 Å². The molecule has 0 N–H and O–H groups in total. The van der Waals surface area contributed by atoms with Crippen LogP contribution >= 0.6 is 47.8 Å².